The average Bonchev–Trinajstić information content (AvgIpc) is 2.86. The van der Waals surface area contributed by atoms with Gasteiger partial charge in [0.05, 0.1) is 0 Å². The fraction of sp³-hybridized carbons (Fsp3) is 0.786. The lowest BCUT2D eigenvalue weighted by Crippen LogP contribution is -2.39. The lowest BCUT2D eigenvalue weighted by Gasteiger charge is -2.27. The van der Waals surface area contributed by atoms with Crippen LogP contribution in [0.1, 0.15) is 19.3 Å². The summed E-state index contributed by atoms with van der Waals surface area (Å²) in [6, 6.07) is -0.264. The zero-order valence-electron chi connectivity index (χ0n) is 10.9. The summed E-state index contributed by atoms with van der Waals surface area (Å²) in [7, 11) is 0. The second-order valence-electron chi connectivity index (χ2n) is 6.02. The molecule has 2 fully saturated rings. The van der Waals surface area contributed by atoms with Crippen molar-refractivity contribution in [2.24, 2.45) is 23.5 Å². The van der Waals surface area contributed by atoms with Crippen molar-refractivity contribution >= 4 is 6.03 Å². The fourth-order valence-electron chi connectivity index (χ4n) is 3.81. The first kappa shape index (κ1) is 12.0. The lowest BCUT2D eigenvalue weighted by atomic mass is 9.93. The third kappa shape index (κ3) is 2.39. The molecule has 1 saturated carbocycles. The molecule has 4 heteroatoms. The van der Waals surface area contributed by atoms with Crippen molar-refractivity contribution < 1.29 is 4.79 Å². The largest absolute Gasteiger partial charge is 0.351 e. The predicted octanol–water partition coefficient (Wildman–Crippen LogP) is 1.28. The van der Waals surface area contributed by atoms with Gasteiger partial charge in [0.2, 0.25) is 0 Å². The molecule has 0 aromatic heterocycles. The van der Waals surface area contributed by atoms with E-state index in [4.69, 9.17) is 5.73 Å². The van der Waals surface area contributed by atoms with Crippen LogP contribution in [-0.2, 0) is 0 Å². The molecule has 3 atom stereocenters. The quantitative estimate of drug-likeness (QED) is 0.750. The summed E-state index contributed by atoms with van der Waals surface area (Å²) in [4.78, 5) is 15.5. The van der Waals surface area contributed by atoms with Crippen molar-refractivity contribution in [1.82, 2.24) is 9.80 Å². The lowest BCUT2D eigenvalue weighted by molar-refractivity contribution is 0.201. The minimum atomic E-state index is -0.264. The van der Waals surface area contributed by atoms with Crippen LogP contribution in [0.4, 0.5) is 4.79 Å². The molecule has 2 bridgehead atoms. The van der Waals surface area contributed by atoms with E-state index in [1.54, 1.807) is 4.90 Å². The van der Waals surface area contributed by atoms with Gasteiger partial charge in [-0.1, -0.05) is 12.2 Å². The second-order valence-corrected chi connectivity index (χ2v) is 6.02. The van der Waals surface area contributed by atoms with Gasteiger partial charge in [0, 0.05) is 26.2 Å². The van der Waals surface area contributed by atoms with Crippen molar-refractivity contribution in [1.29, 1.82) is 0 Å². The Labute approximate surface area is 109 Å². The first-order valence-corrected chi connectivity index (χ1v) is 7.17. The number of carbonyl (C=O) groups excluding carboxylic acids is 1. The molecule has 18 heavy (non-hydrogen) atoms. The standard InChI is InChI=1S/C14H23N3O/c15-14(18)17-5-1-4-16(6-7-17)10-13-9-11-2-3-12(13)8-11/h2-3,11-13H,1,4-10H2,(H2,15,18)/t11-,12-,13+/m0/s1. The molecule has 1 aliphatic heterocycles. The molecule has 3 aliphatic rings. The Balaban J connectivity index is 1.51. The van der Waals surface area contributed by atoms with Crippen LogP contribution in [0.25, 0.3) is 0 Å². The molecule has 1 heterocycles. The van der Waals surface area contributed by atoms with E-state index in [2.05, 4.69) is 17.1 Å². The van der Waals surface area contributed by atoms with Crippen LogP contribution in [0, 0.1) is 17.8 Å². The Kier molecular flexibility index (Phi) is 3.29. The van der Waals surface area contributed by atoms with E-state index in [9.17, 15) is 4.79 Å². The number of carbonyl (C=O) groups is 1. The first-order chi connectivity index (χ1) is 8.72. The number of fused-ring (bicyclic) bond motifs is 2. The van der Waals surface area contributed by atoms with Gasteiger partial charge in [-0.3, -0.25) is 0 Å². The van der Waals surface area contributed by atoms with Crippen molar-refractivity contribution in [3.63, 3.8) is 0 Å². The summed E-state index contributed by atoms with van der Waals surface area (Å²) in [5.41, 5.74) is 5.35. The Morgan fingerprint density at radius 3 is 2.72 bits per heavy atom. The van der Waals surface area contributed by atoms with Crippen LogP contribution in [-0.4, -0.2) is 48.6 Å². The molecule has 0 radical (unpaired) electrons. The van der Waals surface area contributed by atoms with Gasteiger partial charge in [-0.15, -0.1) is 0 Å². The first-order valence-electron chi connectivity index (χ1n) is 7.17. The highest BCUT2D eigenvalue weighted by atomic mass is 16.2. The third-order valence-electron chi connectivity index (χ3n) is 4.81. The van der Waals surface area contributed by atoms with Crippen molar-refractivity contribution in [3.05, 3.63) is 12.2 Å². The van der Waals surface area contributed by atoms with Crippen molar-refractivity contribution in [3.8, 4) is 0 Å². The van der Waals surface area contributed by atoms with E-state index in [0.29, 0.717) is 0 Å². The zero-order chi connectivity index (χ0) is 12.5. The van der Waals surface area contributed by atoms with E-state index in [0.717, 1.165) is 50.4 Å². The van der Waals surface area contributed by atoms with Crippen LogP contribution in [0.15, 0.2) is 12.2 Å². The van der Waals surface area contributed by atoms with Gasteiger partial charge in [-0.05, 0) is 43.6 Å². The minimum absolute atomic E-state index is 0.264. The average molecular weight is 249 g/mol. The molecular formula is C14H23N3O. The maximum atomic E-state index is 11.2. The van der Waals surface area contributed by atoms with Gasteiger partial charge >= 0.3 is 6.03 Å². The number of nitrogens with zero attached hydrogens (tertiary/aromatic N) is 2. The highest BCUT2D eigenvalue weighted by molar-refractivity contribution is 5.71. The highest BCUT2D eigenvalue weighted by Gasteiger charge is 2.36. The van der Waals surface area contributed by atoms with E-state index >= 15 is 0 Å². The second kappa shape index (κ2) is 4.92. The third-order valence-corrected chi connectivity index (χ3v) is 4.81. The van der Waals surface area contributed by atoms with Crippen LogP contribution in [0.2, 0.25) is 0 Å². The SMILES string of the molecule is NC(=O)N1CCCN(C[C@H]2C[C@H]3C=C[C@H]2C3)CC1. The van der Waals surface area contributed by atoms with E-state index in [1.165, 1.54) is 19.4 Å². The van der Waals surface area contributed by atoms with Gasteiger partial charge in [-0.25, -0.2) is 4.79 Å². The van der Waals surface area contributed by atoms with Gasteiger partial charge in [0.1, 0.15) is 0 Å². The van der Waals surface area contributed by atoms with Gasteiger partial charge in [0.25, 0.3) is 0 Å². The van der Waals surface area contributed by atoms with Gasteiger partial charge in [-0.2, -0.15) is 0 Å². The fourth-order valence-corrected chi connectivity index (χ4v) is 3.81. The Morgan fingerprint density at radius 1 is 1.17 bits per heavy atom. The number of primary amides is 1. The maximum absolute atomic E-state index is 11.2. The number of allylic oxidation sites excluding steroid dienone is 2. The number of hydrogen-bond donors (Lipinski definition) is 1. The summed E-state index contributed by atoms with van der Waals surface area (Å²) in [5, 5.41) is 0. The molecule has 0 spiro atoms. The number of hydrogen-bond acceptors (Lipinski definition) is 2. The number of nitrogens with two attached hydrogens (primary N) is 1. The Hall–Kier alpha value is -1.03. The maximum Gasteiger partial charge on any atom is 0.314 e. The summed E-state index contributed by atoms with van der Waals surface area (Å²) in [6.45, 7) is 4.93. The Bertz CT molecular complexity index is 355. The summed E-state index contributed by atoms with van der Waals surface area (Å²) in [5.74, 6) is 2.53. The zero-order valence-corrected chi connectivity index (χ0v) is 10.9. The predicted molar refractivity (Wildman–Crippen MR) is 71.1 cm³/mol. The molecule has 0 aromatic carbocycles. The van der Waals surface area contributed by atoms with Crippen LogP contribution < -0.4 is 5.73 Å². The number of amides is 2. The number of urea groups is 1. The molecule has 1 saturated heterocycles. The van der Waals surface area contributed by atoms with Crippen molar-refractivity contribution in [2.45, 2.75) is 19.3 Å². The summed E-state index contributed by atoms with van der Waals surface area (Å²) in [6.07, 6.45) is 8.63. The van der Waals surface area contributed by atoms with Gasteiger partial charge < -0.3 is 15.5 Å². The Morgan fingerprint density at radius 2 is 2.06 bits per heavy atom. The topological polar surface area (TPSA) is 49.6 Å². The minimum Gasteiger partial charge on any atom is -0.351 e. The van der Waals surface area contributed by atoms with Gasteiger partial charge in [0.15, 0.2) is 0 Å². The molecule has 4 nitrogen and oxygen atoms in total. The normalized spacial score (nSPS) is 36.0. The highest BCUT2D eigenvalue weighted by Crippen LogP contribution is 2.43. The molecular weight excluding hydrogens is 226 g/mol. The van der Waals surface area contributed by atoms with E-state index in [-0.39, 0.29) is 6.03 Å². The van der Waals surface area contributed by atoms with E-state index < -0.39 is 0 Å². The molecule has 2 N–H and O–H groups in total. The van der Waals surface area contributed by atoms with E-state index in [1.807, 2.05) is 0 Å². The van der Waals surface area contributed by atoms with Crippen LogP contribution in [0.3, 0.4) is 0 Å². The molecule has 0 unspecified atom stereocenters. The summed E-state index contributed by atoms with van der Waals surface area (Å²) >= 11 is 0. The smallest absolute Gasteiger partial charge is 0.314 e. The van der Waals surface area contributed by atoms with Crippen LogP contribution >= 0.6 is 0 Å². The summed E-state index contributed by atoms with van der Waals surface area (Å²) < 4.78 is 0. The molecule has 100 valence electrons. The number of rotatable bonds is 2. The van der Waals surface area contributed by atoms with Crippen molar-refractivity contribution in [2.75, 3.05) is 32.7 Å². The molecule has 2 aliphatic carbocycles. The molecule has 0 aromatic rings. The monoisotopic (exact) mass is 249 g/mol. The molecule has 2 amide bonds. The molecule has 3 rings (SSSR count). The van der Waals surface area contributed by atoms with Crippen LogP contribution in [0.5, 0.6) is 0 Å².